The van der Waals surface area contributed by atoms with E-state index in [1.807, 2.05) is 12.2 Å². The Kier molecular flexibility index (Phi) is 9.75. The molecule has 2 nitrogen and oxygen atoms in total. The van der Waals surface area contributed by atoms with Gasteiger partial charge in [-0.1, -0.05) is 158 Å². The predicted molar refractivity (Wildman–Crippen MR) is 243 cm³/mol. The van der Waals surface area contributed by atoms with Gasteiger partial charge in [0.2, 0.25) is 0 Å². The van der Waals surface area contributed by atoms with Crippen molar-refractivity contribution in [2.24, 2.45) is 0 Å². The fourth-order valence-electron chi connectivity index (χ4n) is 7.96. The highest BCUT2D eigenvalue weighted by Crippen LogP contribution is 2.47. The van der Waals surface area contributed by atoms with Crippen molar-refractivity contribution in [3.8, 4) is 44.5 Å². The molecule has 0 spiro atoms. The molecular formula is C55H42N2. The second-order valence-corrected chi connectivity index (χ2v) is 14.3. The normalized spacial score (nSPS) is 12.2. The van der Waals surface area contributed by atoms with Crippen molar-refractivity contribution in [3.05, 3.63) is 242 Å². The summed E-state index contributed by atoms with van der Waals surface area (Å²) in [7, 11) is 0. The maximum absolute atomic E-state index is 3.97. The van der Waals surface area contributed by atoms with E-state index in [1.165, 1.54) is 55.6 Å². The average molecular weight is 731 g/mol. The summed E-state index contributed by atoms with van der Waals surface area (Å²) in [6.07, 6.45) is 6.04. The average Bonchev–Trinajstić information content (AvgIpc) is 3.39. The zero-order valence-corrected chi connectivity index (χ0v) is 32.0. The van der Waals surface area contributed by atoms with Gasteiger partial charge in [-0.05, 0) is 130 Å². The second-order valence-electron chi connectivity index (χ2n) is 14.3. The number of allylic oxidation sites excluding steroid dienone is 4. The van der Waals surface area contributed by atoms with Gasteiger partial charge in [0.25, 0.3) is 0 Å². The van der Waals surface area contributed by atoms with Crippen LogP contribution in [0.2, 0.25) is 0 Å². The van der Waals surface area contributed by atoms with Crippen LogP contribution in [0.5, 0.6) is 0 Å². The second kappa shape index (κ2) is 15.7. The number of hydrogen-bond donors (Lipinski definition) is 0. The first-order valence-electron chi connectivity index (χ1n) is 19.5. The third kappa shape index (κ3) is 7.01. The molecule has 1 aliphatic heterocycles. The molecule has 0 unspecified atom stereocenters. The molecular weight excluding hydrogens is 689 g/mol. The van der Waals surface area contributed by atoms with Crippen LogP contribution in [0.3, 0.4) is 0 Å². The molecule has 0 fully saturated rings. The number of fused-ring (bicyclic) bond motifs is 3. The summed E-state index contributed by atoms with van der Waals surface area (Å²) in [6.45, 7) is 6.19. The van der Waals surface area contributed by atoms with Gasteiger partial charge in [-0.3, -0.25) is 0 Å². The third-order valence-electron chi connectivity index (χ3n) is 10.8. The van der Waals surface area contributed by atoms with Gasteiger partial charge in [0, 0.05) is 34.0 Å². The molecule has 272 valence electrons. The number of para-hydroxylation sites is 2. The first kappa shape index (κ1) is 35.3. The van der Waals surface area contributed by atoms with Gasteiger partial charge in [0.1, 0.15) is 0 Å². The van der Waals surface area contributed by atoms with Crippen molar-refractivity contribution in [1.82, 2.24) is 0 Å². The lowest BCUT2D eigenvalue weighted by atomic mass is 9.92. The highest BCUT2D eigenvalue weighted by molar-refractivity contribution is 5.98. The summed E-state index contributed by atoms with van der Waals surface area (Å²) >= 11 is 0. The number of benzene rings is 8. The van der Waals surface area contributed by atoms with Gasteiger partial charge in [-0.25, -0.2) is 0 Å². The summed E-state index contributed by atoms with van der Waals surface area (Å²) in [4.78, 5) is 4.69. The highest BCUT2D eigenvalue weighted by atomic mass is 15.2. The monoisotopic (exact) mass is 730 g/mol. The Morgan fingerprint density at radius 1 is 0.421 bits per heavy atom. The van der Waals surface area contributed by atoms with Crippen LogP contribution < -0.4 is 9.80 Å². The van der Waals surface area contributed by atoms with E-state index in [4.69, 9.17) is 0 Å². The lowest BCUT2D eigenvalue weighted by Crippen LogP contribution is -2.16. The van der Waals surface area contributed by atoms with Gasteiger partial charge in [0.15, 0.2) is 0 Å². The van der Waals surface area contributed by atoms with Crippen LogP contribution in [0.1, 0.15) is 12.5 Å². The lowest BCUT2D eigenvalue weighted by molar-refractivity contribution is 1.22. The molecule has 0 radical (unpaired) electrons. The van der Waals surface area contributed by atoms with E-state index in [9.17, 15) is 0 Å². The first-order valence-corrected chi connectivity index (χ1v) is 19.5. The van der Waals surface area contributed by atoms with Crippen LogP contribution in [0.15, 0.2) is 237 Å². The quantitative estimate of drug-likeness (QED) is 0.136. The van der Waals surface area contributed by atoms with E-state index in [-0.39, 0.29) is 0 Å². The standard InChI is InChI=1S/C55H42N2/c1-3-4-27-54-40(2)51-25-14-15-26-52(51)53-39-46(32-37-55(53)57(54)48-23-12-7-13-24-48)45-20-16-19-44(38-45)43-30-35-50(36-31-43)56(47-21-10-6-11-22-47)49-33-28-42(29-34-49)41-17-8-5-9-18-41/h3-39H,1H2,2H3/b27-4-. The van der Waals surface area contributed by atoms with Crippen molar-refractivity contribution in [2.75, 3.05) is 9.80 Å². The molecule has 0 N–H and O–H groups in total. The van der Waals surface area contributed by atoms with Crippen LogP contribution in [-0.2, 0) is 0 Å². The zero-order valence-electron chi connectivity index (χ0n) is 32.0. The summed E-state index contributed by atoms with van der Waals surface area (Å²) in [6, 6.07) is 74.1. The van der Waals surface area contributed by atoms with E-state index >= 15 is 0 Å². The number of hydrogen-bond acceptors (Lipinski definition) is 2. The van der Waals surface area contributed by atoms with Gasteiger partial charge >= 0.3 is 0 Å². The predicted octanol–water partition coefficient (Wildman–Crippen LogP) is 15.4. The first-order chi connectivity index (χ1) is 28.2. The fraction of sp³-hybridized carbons (Fsp3) is 0.0182. The number of rotatable bonds is 9. The lowest BCUT2D eigenvalue weighted by Gasteiger charge is -2.28. The summed E-state index contributed by atoms with van der Waals surface area (Å²) in [5.41, 5.74) is 18.7. The van der Waals surface area contributed by atoms with Crippen molar-refractivity contribution in [3.63, 3.8) is 0 Å². The topological polar surface area (TPSA) is 6.48 Å². The molecule has 0 amide bonds. The SMILES string of the molecule is C=C/C=C\C1=C(C)c2ccccc2-c2cc(-c3cccc(-c4ccc(N(c5ccccc5)c5ccc(-c6ccccc6)cc5)cc4)c3)ccc2N1c1ccccc1. The van der Waals surface area contributed by atoms with Crippen molar-refractivity contribution < 1.29 is 0 Å². The van der Waals surface area contributed by atoms with Gasteiger partial charge in [0.05, 0.1) is 5.69 Å². The van der Waals surface area contributed by atoms with Gasteiger partial charge < -0.3 is 9.80 Å². The molecule has 2 heteroatoms. The summed E-state index contributed by atoms with van der Waals surface area (Å²) in [5.74, 6) is 0. The van der Waals surface area contributed by atoms with Crippen LogP contribution in [-0.4, -0.2) is 0 Å². The van der Waals surface area contributed by atoms with Gasteiger partial charge in [-0.2, -0.15) is 0 Å². The Hall–Kier alpha value is -7.42. The van der Waals surface area contributed by atoms with E-state index in [0.29, 0.717) is 0 Å². The third-order valence-corrected chi connectivity index (χ3v) is 10.8. The highest BCUT2D eigenvalue weighted by Gasteiger charge is 2.26. The molecule has 1 aliphatic rings. The molecule has 1 heterocycles. The smallest absolute Gasteiger partial charge is 0.0540 e. The van der Waals surface area contributed by atoms with Crippen LogP contribution >= 0.6 is 0 Å². The zero-order chi connectivity index (χ0) is 38.6. The Morgan fingerprint density at radius 3 is 1.54 bits per heavy atom. The molecule has 8 aromatic rings. The minimum Gasteiger partial charge on any atom is -0.311 e. The van der Waals surface area contributed by atoms with E-state index < -0.39 is 0 Å². The summed E-state index contributed by atoms with van der Waals surface area (Å²) in [5, 5.41) is 0. The van der Waals surface area contributed by atoms with Crippen molar-refractivity contribution >= 4 is 34.0 Å². The Balaban J connectivity index is 1.08. The Bertz CT molecular complexity index is 2730. The van der Waals surface area contributed by atoms with E-state index in [1.54, 1.807) is 0 Å². The van der Waals surface area contributed by atoms with Gasteiger partial charge in [-0.15, -0.1) is 0 Å². The maximum Gasteiger partial charge on any atom is 0.0540 e. The Labute approximate surface area is 336 Å². The molecule has 8 aromatic carbocycles. The van der Waals surface area contributed by atoms with Crippen LogP contribution in [0.4, 0.5) is 28.4 Å². The molecule has 9 rings (SSSR count). The molecule has 0 saturated heterocycles. The number of anilines is 5. The van der Waals surface area contributed by atoms with Crippen molar-refractivity contribution in [1.29, 1.82) is 0 Å². The summed E-state index contributed by atoms with van der Waals surface area (Å²) < 4.78 is 0. The molecule has 0 aliphatic carbocycles. The minimum absolute atomic E-state index is 1.10. The molecule has 0 aromatic heterocycles. The van der Waals surface area contributed by atoms with Crippen LogP contribution in [0, 0.1) is 0 Å². The van der Waals surface area contributed by atoms with E-state index in [0.717, 1.165) is 34.1 Å². The molecule has 57 heavy (non-hydrogen) atoms. The fourth-order valence-corrected chi connectivity index (χ4v) is 7.96. The minimum atomic E-state index is 1.10. The molecule has 0 atom stereocenters. The number of nitrogens with zero attached hydrogens (tertiary/aromatic N) is 2. The van der Waals surface area contributed by atoms with Crippen molar-refractivity contribution in [2.45, 2.75) is 6.92 Å². The largest absolute Gasteiger partial charge is 0.311 e. The molecule has 0 saturated carbocycles. The van der Waals surface area contributed by atoms with Crippen LogP contribution in [0.25, 0.3) is 50.1 Å². The van der Waals surface area contributed by atoms with E-state index in [2.05, 4.69) is 236 Å². The molecule has 0 bridgehead atoms. The Morgan fingerprint density at radius 2 is 0.895 bits per heavy atom. The maximum atomic E-state index is 3.97.